The molecule has 0 aromatic heterocycles. The summed E-state index contributed by atoms with van der Waals surface area (Å²) < 4.78 is 5.23. The van der Waals surface area contributed by atoms with Gasteiger partial charge < -0.3 is 15.8 Å². The third kappa shape index (κ3) is 5.10. The van der Waals surface area contributed by atoms with Crippen LogP contribution in [-0.4, -0.2) is 43.5 Å². The van der Waals surface area contributed by atoms with Gasteiger partial charge in [0.15, 0.2) is 0 Å². The van der Waals surface area contributed by atoms with Gasteiger partial charge in [-0.3, -0.25) is 14.5 Å². The highest BCUT2D eigenvalue weighted by Gasteiger charge is 2.26. The third-order valence-corrected chi connectivity index (χ3v) is 5.16. The molecule has 2 atom stereocenters. The first-order valence-corrected chi connectivity index (χ1v) is 9.56. The Kier molecular flexibility index (Phi) is 6.66. The van der Waals surface area contributed by atoms with Crippen molar-refractivity contribution in [3.8, 4) is 5.75 Å². The normalized spacial score (nSPS) is 18.2. The molecule has 2 aromatic carbocycles. The largest absolute Gasteiger partial charge is 0.497 e. The van der Waals surface area contributed by atoms with Gasteiger partial charge in [0.25, 0.3) is 0 Å². The van der Waals surface area contributed by atoms with Gasteiger partial charge in [0, 0.05) is 6.54 Å². The van der Waals surface area contributed by atoms with E-state index in [0.717, 1.165) is 36.3 Å². The number of piperidine rings is 1. The lowest BCUT2D eigenvalue weighted by atomic mass is 9.97. The van der Waals surface area contributed by atoms with Gasteiger partial charge in [-0.15, -0.1) is 0 Å². The maximum Gasteiger partial charge on any atom is 0.234 e. The fraction of sp³-hybridized carbons (Fsp3) is 0.364. The topological polar surface area (TPSA) is 84.7 Å². The summed E-state index contributed by atoms with van der Waals surface area (Å²) in [5.74, 6) is 0.237. The Morgan fingerprint density at radius 3 is 2.46 bits per heavy atom. The van der Waals surface area contributed by atoms with Gasteiger partial charge >= 0.3 is 0 Å². The van der Waals surface area contributed by atoms with Crippen molar-refractivity contribution >= 4 is 11.8 Å². The molecule has 0 spiro atoms. The standard InChI is InChI=1S/C22H27N3O3/c1-28-19-11-9-17(10-12-19)21(16-6-3-2-4-7-16)24-20(26)15-25-13-5-8-18(14-25)22(23)27/h2-4,6-7,9-12,18,21H,5,8,13-15H2,1H3,(H2,23,27)(H,24,26)/t18-,21-/m0/s1. The predicted molar refractivity (Wildman–Crippen MR) is 108 cm³/mol. The van der Waals surface area contributed by atoms with Gasteiger partial charge in [0.05, 0.1) is 25.6 Å². The number of hydrogen-bond acceptors (Lipinski definition) is 4. The van der Waals surface area contributed by atoms with Gasteiger partial charge in [-0.1, -0.05) is 42.5 Å². The Morgan fingerprint density at radius 1 is 1.14 bits per heavy atom. The van der Waals surface area contributed by atoms with E-state index in [-0.39, 0.29) is 30.3 Å². The molecule has 0 aliphatic carbocycles. The number of primary amides is 1. The van der Waals surface area contributed by atoms with Crippen LogP contribution in [0, 0.1) is 5.92 Å². The van der Waals surface area contributed by atoms with E-state index in [0.29, 0.717) is 6.54 Å². The van der Waals surface area contributed by atoms with Gasteiger partial charge in [-0.2, -0.15) is 0 Å². The van der Waals surface area contributed by atoms with Crippen LogP contribution in [0.4, 0.5) is 0 Å². The van der Waals surface area contributed by atoms with Gasteiger partial charge in [-0.05, 0) is 42.6 Å². The molecule has 148 valence electrons. The molecule has 1 fully saturated rings. The number of likely N-dealkylation sites (tertiary alicyclic amines) is 1. The number of nitrogens with two attached hydrogens (primary N) is 1. The number of carbonyl (C=O) groups excluding carboxylic acids is 2. The summed E-state index contributed by atoms with van der Waals surface area (Å²) in [4.78, 5) is 26.2. The summed E-state index contributed by atoms with van der Waals surface area (Å²) in [7, 11) is 1.63. The molecular weight excluding hydrogens is 354 g/mol. The van der Waals surface area contributed by atoms with E-state index in [4.69, 9.17) is 10.5 Å². The first-order chi connectivity index (χ1) is 13.6. The van der Waals surface area contributed by atoms with E-state index in [1.807, 2.05) is 59.5 Å². The summed E-state index contributed by atoms with van der Waals surface area (Å²) >= 11 is 0. The van der Waals surface area contributed by atoms with Crippen LogP contribution in [0.5, 0.6) is 5.75 Å². The van der Waals surface area contributed by atoms with E-state index in [1.165, 1.54) is 0 Å². The van der Waals surface area contributed by atoms with Gasteiger partial charge in [0.1, 0.15) is 5.75 Å². The fourth-order valence-corrected chi connectivity index (χ4v) is 3.64. The smallest absolute Gasteiger partial charge is 0.234 e. The molecule has 3 rings (SSSR count). The monoisotopic (exact) mass is 381 g/mol. The van der Waals surface area contributed by atoms with Crippen LogP contribution in [0.2, 0.25) is 0 Å². The third-order valence-electron chi connectivity index (χ3n) is 5.16. The number of nitrogens with zero attached hydrogens (tertiary/aromatic N) is 1. The summed E-state index contributed by atoms with van der Waals surface area (Å²) in [6, 6.07) is 17.3. The average molecular weight is 381 g/mol. The molecule has 1 aliphatic heterocycles. The summed E-state index contributed by atoms with van der Waals surface area (Å²) in [5.41, 5.74) is 7.43. The van der Waals surface area contributed by atoms with E-state index in [9.17, 15) is 9.59 Å². The van der Waals surface area contributed by atoms with Crippen LogP contribution in [0.25, 0.3) is 0 Å². The average Bonchev–Trinajstić information content (AvgIpc) is 2.73. The van der Waals surface area contributed by atoms with Crippen LogP contribution in [0.1, 0.15) is 30.0 Å². The van der Waals surface area contributed by atoms with Crippen molar-refractivity contribution in [1.82, 2.24) is 10.2 Å². The molecule has 2 aromatic rings. The summed E-state index contributed by atoms with van der Waals surface area (Å²) in [6.45, 7) is 1.60. The molecule has 3 N–H and O–H groups in total. The van der Waals surface area contributed by atoms with Gasteiger partial charge in [0.2, 0.25) is 11.8 Å². The maximum atomic E-state index is 12.8. The highest BCUT2D eigenvalue weighted by atomic mass is 16.5. The number of amides is 2. The quantitative estimate of drug-likeness (QED) is 0.769. The van der Waals surface area contributed by atoms with Crippen LogP contribution in [-0.2, 0) is 9.59 Å². The van der Waals surface area contributed by atoms with Crippen molar-refractivity contribution in [3.63, 3.8) is 0 Å². The van der Waals surface area contributed by atoms with Crippen molar-refractivity contribution in [2.75, 3.05) is 26.7 Å². The number of hydrogen-bond donors (Lipinski definition) is 2. The fourth-order valence-electron chi connectivity index (χ4n) is 3.64. The molecule has 1 aliphatic rings. The molecule has 0 radical (unpaired) electrons. The van der Waals surface area contributed by atoms with Crippen LogP contribution in [0.3, 0.4) is 0 Å². The van der Waals surface area contributed by atoms with E-state index in [1.54, 1.807) is 7.11 Å². The lowest BCUT2D eigenvalue weighted by Crippen LogP contribution is -2.46. The molecule has 1 heterocycles. The SMILES string of the molecule is COc1ccc([C@@H](NC(=O)CN2CCC[C@H](C(N)=O)C2)c2ccccc2)cc1. The van der Waals surface area contributed by atoms with E-state index >= 15 is 0 Å². The molecule has 6 nitrogen and oxygen atoms in total. The van der Waals surface area contributed by atoms with Gasteiger partial charge in [-0.25, -0.2) is 0 Å². The Labute approximate surface area is 165 Å². The predicted octanol–water partition coefficient (Wildman–Crippen LogP) is 2.10. The van der Waals surface area contributed by atoms with Crippen molar-refractivity contribution in [2.24, 2.45) is 11.7 Å². The molecular formula is C22H27N3O3. The number of methoxy groups -OCH3 is 1. The number of carbonyl (C=O) groups is 2. The zero-order valence-electron chi connectivity index (χ0n) is 16.1. The number of benzene rings is 2. The summed E-state index contributed by atoms with van der Waals surface area (Å²) in [5, 5.41) is 3.14. The first-order valence-electron chi connectivity index (χ1n) is 9.56. The molecule has 0 bridgehead atoms. The summed E-state index contributed by atoms with van der Waals surface area (Å²) in [6.07, 6.45) is 1.67. The van der Waals surface area contributed by atoms with Crippen LogP contribution < -0.4 is 15.8 Å². The van der Waals surface area contributed by atoms with Crippen LogP contribution in [0.15, 0.2) is 54.6 Å². The lowest BCUT2D eigenvalue weighted by Gasteiger charge is -2.31. The minimum absolute atomic E-state index is 0.0743. The zero-order valence-corrected chi connectivity index (χ0v) is 16.1. The second kappa shape index (κ2) is 9.37. The van der Waals surface area contributed by atoms with Crippen molar-refractivity contribution in [2.45, 2.75) is 18.9 Å². The zero-order chi connectivity index (χ0) is 19.9. The molecule has 6 heteroatoms. The highest BCUT2D eigenvalue weighted by Crippen LogP contribution is 2.24. The van der Waals surface area contributed by atoms with E-state index in [2.05, 4.69) is 5.32 Å². The van der Waals surface area contributed by atoms with Crippen molar-refractivity contribution in [1.29, 1.82) is 0 Å². The second-order valence-corrected chi connectivity index (χ2v) is 7.16. The lowest BCUT2D eigenvalue weighted by molar-refractivity contribution is -0.127. The van der Waals surface area contributed by atoms with Crippen LogP contribution >= 0.6 is 0 Å². The number of ether oxygens (including phenoxy) is 1. The Balaban J connectivity index is 1.72. The highest BCUT2D eigenvalue weighted by molar-refractivity contribution is 5.80. The number of rotatable bonds is 7. The molecule has 2 amide bonds. The van der Waals surface area contributed by atoms with Crippen molar-refractivity contribution < 1.29 is 14.3 Å². The Morgan fingerprint density at radius 2 is 1.82 bits per heavy atom. The molecule has 28 heavy (non-hydrogen) atoms. The molecule has 0 saturated carbocycles. The number of nitrogens with one attached hydrogen (secondary N) is 1. The first kappa shape index (κ1) is 19.9. The second-order valence-electron chi connectivity index (χ2n) is 7.16. The Bertz CT molecular complexity index is 792. The maximum absolute atomic E-state index is 12.8. The van der Waals surface area contributed by atoms with Crippen molar-refractivity contribution in [3.05, 3.63) is 65.7 Å². The Hall–Kier alpha value is -2.86. The minimum atomic E-state index is -0.287. The minimum Gasteiger partial charge on any atom is -0.497 e. The van der Waals surface area contributed by atoms with E-state index < -0.39 is 0 Å². The molecule has 0 unspecified atom stereocenters. The molecule has 1 saturated heterocycles.